The van der Waals surface area contributed by atoms with E-state index in [9.17, 15) is 4.39 Å². The van der Waals surface area contributed by atoms with Gasteiger partial charge >= 0.3 is 0 Å². The van der Waals surface area contributed by atoms with E-state index in [1.807, 2.05) is 11.9 Å². The molecule has 0 unspecified atom stereocenters. The standard InChI is InChI=1S/C13H13BrFN3S/c1-18(7-9-4-5-10(15)6-11(9)14)13-16-12(17-19-13)8-2-3-8/h4-6,8H,2-3,7H2,1H3. The van der Waals surface area contributed by atoms with Gasteiger partial charge in [0.1, 0.15) is 11.6 Å². The second kappa shape index (κ2) is 5.17. The maximum absolute atomic E-state index is 13.0. The van der Waals surface area contributed by atoms with Crippen LogP contribution in [0.4, 0.5) is 9.52 Å². The molecule has 19 heavy (non-hydrogen) atoms. The van der Waals surface area contributed by atoms with Gasteiger partial charge in [0.05, 0.1) is 0 Å². The van der Waals surface area contributed by atoms with Gasteiger partial charge in [0, 0.05) is 35.5 Å². The largest absolute Gasteiger partial charge is 0.346 e. The molecule has 6 heteroatoms. The van der Waals surface area contributed by atoms with Gasteiger partial charge in [0.2, 0.25) is 5.13 Å². The fourth-order valence-corrected chi connectivity index (χ4v) is 3.04. The van der Waals surface area contributed by atoms with E-state index < -0.39 is 0 Å². The quantitative estimate of drug-likeness (QED) is 0.842. The predicted octanol–water partition coefficient (Wildman–Crippen LogP) is 3.95. The molecule has 0 atom stereocenters. The van der Waals surface area contributed by atoms with E-state index >= 15 is 0 Å². The minimum Gasteiger partial charge on any atom is -0.346 e. The second-order valence-corrected chi connectivity index (χ2v) is 6.39. The van der Waals surface area contributed by atoms with Crippen molar-refractivity contribution in [3.05, 3.63) is 39.9 Å². The van der Waals surface area contributed by atoms with Gasteiger partial charge in [-0.15, -0.1) is 0 Å². The second-order valence-electron chi connectivity index (χ2n) is 4.80. The first-order valence-corrected chi connectivity index (χ1v) is 7.69. The Morgan fingerprint density at radius 2 is 2.26 bits per heavy atom. The zero-order valence-electron chi connectivity index (χ0n) is 10.4. The van der Waals surface area contributed by atoms with E-state index in [1.54, 1.807) is 6.07 Å². The summed E-state index contributed by atoms with van der Waals surface area (Å²) in [6.45, 7) is 0.681. The number of aromatic nitrogens is 2. The molecule has 2 aromatic rings. The summed E-state index contributed by atoms with van der Waals surface area (Å²) in [5.41, 5.74) is 1.03. The number of anilines is 1. The highest BCUT2D eigenvalue weighted by atomic mass is 79.9. The van der Waals surface area contributed by atoms with Crippen molar-refractivity contribution in [1.29, 1.82) is 0 Å². The van der Waals surface area contributed by atoms with Gasteiger partial charge < -0.3 is 4.90 Å². The van der Waals surface area contributed by atoms with Gasteiger partial charge in [-0.3, -0.25) is 0 Å². The predicted molar refractivity (Wildman–Crippen MR) is 78.1 cm³/mol. The first-order chi connectivity index (χ1) is 9.13. The van der Waals surface area contributed by atoms with E-state index in [1.165, 1.54) is 36.5 Å². The highest BCUT2D eigenvalue weighted by Crippen LogP contribution is 2.39. The minimum absolute atomic E-state index is 0.231. The summed E-state index contributed by atoms with van der Waals surface area (Å²) in [5, 5.41) is 0.915. The SMILES string of the molecule is CN(Cc1ccc(F)cc1Br)c1nc(C2CC2)ns1. The minimum atomic E-state index is -0.231. The van der Waals surface area contributed by atoms with Gasteiger partial charge in [0.25, 0.3) is 0 Å². The number of hydrogen-bond acceptors (Lipinski definition) is 4. The molecule has 0 radical (unpaired) electrons. The van der Waals surface area contributed by atoms with Crippen LogP contribution in [0.25, 0.3) is 0 Å². The summed E-state index contributed by atoms with van der Waals surface area (Å²) in [5.74, 6) is 1.33. The van der Waals surface area contributed by atoms with Crippen LogP contribution in [0.2, 0.25) is 0 Å². The van der Waals surface area contributed by atoms with Crippen molar-refractivity contribution >= 4 is 32.6 Å². The van der Waals surface area contributed by atoms with E-state index in [0.717, 1.165) is 21.0 Å². The van der Waals surface area contributed by atoms with Crippen LogP contribution in [0, 0.1) is 5.82 Å². The Bertz CT molecular complexity index is 597. The van der Waals surface area contributed by atoms with Crippen molar-refractivity contribution < 1.29 is 4.39 Å². The average Bonchev–Trinajstić information content (AvgIpc) is 3.10. The molecule has 1 aliphatic rings. The Morgan fingerprint density at radius 3 is 2.95 bits per heavy atom. The highest BCUT2D eigenvalue weighted by Gasteiger charge is 2.28. The van der Waals surface area contributed by atoms with Gasteiger partial charge in [-0.2, -0.15) is 4.37 Å². The normalized spacial score (nSPS) is 14.7. The summed E-state index contributed by atoms with van der Waals surface area (Å²) < 4.78 is 18.2. The Morgan fingerprint density at radius 1 is 1.47 bits per heavy atom. The topological polar surface area (TPSA) is 29.0 Å². The number of hydrogen-bond donors (Lipinski definition) is 0. The van der Waals surface area contributed by atoms with Crippen LogP contribution in [0.3, 0.4) is 0 Å². The van der Waals surface area contributed by atoms with Crippen LogP contribution in [-0.2, 0) is 6.54 Å². The van der Waals surface area contributed by atoms with E-state index in [-0.39, 0.29) is 5.82 Å². The lowest BCUT2D eigenvalue weighted by Gasteiger charge is -2.16. The average molecular weight is 342 g/mol. The summed E-state index contributed by atoms with van der Waals surface area (Å²) >= 11 is 4.82. The monoisotopic (exact) mass is 341 g/mol. The Hall–Kier alpha value is -1.01. The molecule has 1 aromatic carbocycles. The third-order valence-corrected chi connectivity index (χ3v) is 4.71. The molecule has 1 heterocycles. The Kier molecular flexibility index (Phi) is 3.54. The summed E-state index contributed by atoms with van der Waals surface area (Å²) in [7, 11) is 1.98. The smallest absolute Gasteiger partial charge is 0.205 e. The van der Waals surface area contributed by atoms with Crippen molar-refractivity contribution in [2.24, 2.45) is 0 Å². The molecule has 3 nitrogen and oxygen atoms in total. The molecule has 1 fully saturated rings. The van der Waals surface area contributed by atoms with E-state index in [4.69, 9.17) is 0 Å². The first kappa shape index (κ1) is 13.0. The lowest BCUT2D eigenvalue weighted by Crippen LogP contribution is -2.16. The van der Waals surface area contributed by atoms with Gasteiger partial charge in [0.15, 0.2) is 0 Å². The van der Waals surface area contributed by atoms with Crippen LogP contribution in [0.1, 0.15) is 30.1 Å². The number of nitrogens with zero attached hydrogens (tertiary/aromatic N) is 3. The van der Waals surface area contributed by atoms with Crippen molar-refractivity contribution in [3.8, 4) is 0 Å². The Balaban J connectivity index is 1.74. The third-order valence-electron chi connectivity index (χ3n) is 3.12. The van der Waals surface area contributed by atoms with Crippen LogP contribution in [0.15, 0.2) is 22.7 Å². The van der Waals surface area contributed by atoms with Crippen LogP contribution < -0.4 is 4.90 Å². The molecule has 1 saturated carbocycles. The molecule has 0 aliphatic heterocycles. The van der Waals surface area contributed by atoms with Gasteiger partial charge in [-0.05, 0) is 30.5 Å². The molecule has 0 N–H and O–H groups in total. The van der Waals surface area contributed by atoms with E-state index in [2.05, 4.69) is 25.3 Å². The van der Waals surface area contributed by atoms with Gasteiger partial charge in [-0.1, -0.05) is 22.0 Å². The van der Waals surface area contributed by atoms with Crippen LogP contribution >= 0.6 is 27.5 Å². The maximum atomic E-state index is 13.0. The highest BCUT2D eigenvalue weighted by molar-refractivity contribution is 9.10. The number of benzene rings is 1. The Labute approximate surface area is 123 Å². The lowest BCUT2D eigenvalue weighted by molar-refractivity contribution is 0.625. The lowest BCUT2D eigenvalue weighted by atomic mass is 10.2. The molecule has 1 aromatic heterocycles. The van der Waals surface area contributed by atoms with Crippen LogP contribution in [0.5, 0.6) is 0 Å². The van der Waals surface area contributed by atoms with Crippen LogP contribution in [-0.4, -0.2) is 16.4 Å². The molecule has 0 saturated heterocycles. The molecule has 0 spiro atoms. The molecule has 1 aliphatic carbocycles. The summed E-state index contributed by atoms with van der Waals surface area (Å²) in [4.78, 5) is 6.60. The number of rotatable bonds is 4. The molecule has 0 amide bonds. The molecule has 100 valence electrons. The van der Waals surface area contributed by atoms with Crippen molar-refractivity contribution in [1.82, 2.24) is 9.36 Å². The fraction of sp³-hybridized carbons (Fsp3) is 0.385. The maximum Gasteiger partial charge on any atom is 0.205 e. The molecule has 3 rings (SSSR count). The zero-order chi connectivity index (χ0) is 13.4. The third kappa shape index (κ3) is 2.95. The molecular formula is C13H13BrFN3S. The molecule has 0 bridgehead atoms. The number of halogens is 2. The van der Waals surface area contributed by atoms with Gasteiger partial charge in [-0.25, -0.2) is 9.37 Å². The van der Waals surface area contributed by atoms with E-state index in [0.29, 0.717) is 12.5 Å². The van der Waals surface area contributed by atoms with Crippen molar-refractivity contribution in [2.45, 2.75) is 25.3 Å². The van der Waals surface area contributed by atoms with Crippen molar-refractivity contribution in [2.75, 3.05) is 11.9 Å². The first-order valence-electron chi connectivity index (χ1n) is 6.12. The van der Waals surface area contributed by atoms with Crippen molar-refractivity contribution in [3.63, 3.8) is 0 Å². The summed E-state index contributed by atoms with van der Waals surface area (Å²) in [6, 6.07) is 4.75. The molecular weight excluding hydrogens is 329 g/mol. The fourth-order valence-electron chi connectivity index (χ4n) is 1.86. The summed E-state index contributed by atoms with van der Waals surface area (Å²) in [6.07, 6.45) is 2.42. The zero-order valence-corrected chi connectivity index (χ0v) is 12.8.